The van der Waals surface area contributed by atoms with Gasteiger partial charge in [0.25, 0.3) is 5.91 Å². The molecule has 0 bridgehead atoms. The van der Waals surface area contributed by atoms with Gasteiger partial charge in [0.15, 0.2) is 0 Å². The maximum absolute atomic E-state index is 12.8. The zero-order valence-electron chi connectivity index (χ0n) is 15.4. The third-order valence-electron chi connectivity index (χ3n) is 5.05. The van der Waals surface area contributed by atoms with Crippen molar-refractivity contribution in [2.45, 2.75) is 44.8 Å². The molecule has 7 nitrogen and oxygen atoms in total. The second-order valence-corrected chi connectivity index (χ2v) is 6.91. The van der Waals surface area contributed by atoms with Crippen LogP contribution in [0.4, 0.5) is 0 Å². The number of benzene rings is 1. The highest BCUT2D eigenvalue weighted by Crippen LogP contribution is 2.29. The van der Waals surface area contributed by atoms with E-state index < -0.39 is 11.9 Å². The molecule has 0 radical (unpaired) electrons. The van der Waals surface area contributed by atoms with E-state index in [0.29, 0.717) is 18.5 Å². The summed E-state index contributed by atoms with van der Waals surface area (Å²) in [6, 6.07) is 6.78. The number of hydrogen-bond acceptors (Lipinski definition) is 4. The van der Waals surface area contributed by atoms with E-state index in [9.17, 15) is 14.4 Å². The fourth-order valence-corrected chi connectivity index (χ4v) is 3.62. The van der Waals surface area contributed by atoms with Gasteiger partial charge >= 0.3 is 0 Å². The first-order chi connectivity index (χ1) is 13.6. The molecule has 1 fully saturated rings. The number of imide groups is 1. The van der Waals surface area contributed by atoms with Gasteiger partial charge in [-0.25, -0.2) is 0 Å². The molecule has 2 aliphatic heterocycles. The summed E-state index contributed by atoms with van der Waals surface area (Å²) in [5.74, 6) is 5.49. The van der Waals surface area contributed by atoms with Crippen molar-refractivity contribution >= 4 is 17.7 Å². The Morgan fingerprint density at radius 2 is 2.11 bits per heavy atom. The van der Waals surface area contributed by atoms with Crippen LogP contribution in [0.2, 0.25) is 0 Å². The first-order valence-electron chi connectivity index (χ1n) is 9.36. The van der Waals surface area contributed by atoms with Gasteiger partial charge in [-0.3, -0.25) is 24.4 Å². The van der Waals surface area contributed by atoms with E-state index in [1.54, 1.807) is 17.2 Å². The minimum Gasteiger partial charge on any atom is -0.322 e. The fourth-order valence-electron chi connectivity index (χ4n) is 3.62. The Morgan fingerprint density at radius 1 is 1.21 bits per heavy atom. The lowest BCUT2D eigenvalue weighted by Crippen LogP contribution is -2.52. The Kier molecular flexibility index (Phi) is 4.94. The second-order valence-electron chi connectivity index (χ2n) is 6.91. The van der Waals surface area contributed by atoms with Crippen LogP contribution in [0.5, 0.6) is 0 Å². The smallest absolute Gasteiger partial charge is 0.255 e. The standard InChI is InChI=1S/C21H20N4O3/c26-19-10-9-18(20(27)23-19)25-14-17-15(7-4-8-16(17)21(25)28)6-2-1-3-12-24-13-5-11-22-24/h4-5,7-8,11,13,18H,1,3,9-10,12,14H2,(H,23,26,27). The van der Waals surface area contributed by atoms with Gasteiger partial charge in [-0.15, -0.1) is 0 Å². The molecule has 4 rings (SSSR count). The summed E-state index contributed by atoms with van der Waals surface area (Å²) in [7, 11) is 0. The molecule has 3 amide bonds. The van der Waals surface area contributed by atoms with Gasteiger partial charge in [0, 0.05) is 49.5 Å². The van der Waals surface area contributed by atoms with Crippen molar-refractivity contribution in [3.05, 3.63) is 53.3 Å². The lowest BCUT2D eigenvalue weighted by Gasteiger charge is -2.29. The lowest BCUT2D eigenvalue weighted by molar-refractivity contribution is -0.136. The number of unbranched alkanes of at least 4 members (excludes halogenated alkanes) is 1. The zero-order chi connectivity index (χ0) is 19.5. The highest BCUT2D eigenvalue weighted by atomic mass is 16.2. The molecule has 0 spiro atoms. The SMILES string of the molecule is O=C1CCC(N2Cc3c(C#CCCCn4cccn4)cccc3C2=O)C(=O)N1. The molecule has 2 aliphatic rings. The van der Waals surface area contributed by atoms with Crippen LogP contribution in [0.3, 0.4) is 0 Å². The Balaban J connectivity index is 1.45. The van der Waals surface area contributed by atoms with Gasteiger partial charge in [-0.2, -0.15) is 5.10 Å². The van der Waals surface area contributed by atoms with Crippen molar-refractivity contribution in [3.63, 3.8) is 0 Å². The van der Waals surface area contributed by atoms with Crippen LogP contribution in [0.1, 0.15) is 47.2 Å². The Labute approximate surface area is 162 Å². The maximum atomic E-state index is 12.8. The summed E-state index contributed by atoms with van der Waals surface area (Å²) in [6.45, 7) is 1.16. The molecule has 28 heavy (non-hydrogen) atoms. The first-order valence-corrected chi connectivity index (χ1v) is 9.36. The van der Waals surface area contributed by atoms with Gasteiger partial charge in [-0.05, 0) is 36.6 Å². The number of aryl methyl sites for hydroxylation is 1. The van der Waals surface area contributed by atoms with Crippen molar-refractivity contribution in [2.75, 3.05) is 0 Å². The summed E-state index contributed by atoms with van der Waals surface area (Å²) in [4.78, 5) is 37.9. The van der Waals surface area contributed by atoms with Crippen LogP contribution in [0, 0.1) is 11.8 Å². The zero-order valence-corrected chi connectivity index (χ0v) is 15.4. The highest BCUT2D eigenvalue weighted by Gasteiger charge is 2.39. The number of aromatic nitrogens is 2. The summed E-state index contributed by atoms with van der Waals surface area (Å²) in [5.41, 5.74) is 2.27. The molecule has 0 aliphatic carbocycles. The topological polar surface area (TPSA) is 84.3 Å². The monoisotopic (exact) mass is 376 g/mol. The number of piperidine rings is 1. The van der Waals surface area contributed by atoms with E-state index in [-0.39, 0.29) is 18.2 Å². The van der Waals surface area contributed by atoms with Crippen LogP contribution >= 0.6 is 0 Å². The van der Waals surface area contributed by atoms with Crippen molar-refractivity contribution in [3.8, 4) is 11.8 Å². The number of rotatable bonds is 4. The van der Waals surface area contributed by atoms with E-state index in [0.717, 1.165) is 30.5 Å². The largest absolute Gasteiger partial charge is 0.322 e. The number of nitrogens with zero attached hydrogens (tertiary/aromatic N) is 3. The van der Waals surface area contributed by atoms with Crippen LogP contribution < -0.4 is 5.32 Å². The molecule has 1 aromatic carbocycles. The van der Waals surface area contributed by atoms with Crippen LogP contribution in [0.25, 0.3) is 0 Å². The van der Waals surface area contributed by atoms with Crippen molar-refractivity contribution in [1.29, 1.82) is 0 Å². The minimum atomic E-state index is -0.604. The number of carbonyl (C=O) groups excluding carboxylic acids is 3. The van der Waals surface area contributed by atoms with Crippen LogP contribution in [-0.4, -0.2) is 38.4 Å². The average molecular weight is 376 g/mol. The van der Waals surface area contributed by atoms with E-state index in [1.165, 1.54) is 0 Å². The van der Waals surface area contributed by atoms with Crippen molar-refractivity contribution < 1.29 is 14.4 Å². The molecular formula is C21H20N4O3. The second kappa shape index (κ2) is 7.69. The number of hydrogen-bond donors (Lipinski definition) is 1. The average Bonchev–Trinajstić information content (AvgIpc) is 3.31. The molecular weight excluding hydrogens is 356 g/mol. The molecule has 1 aromatic heterocycles. The molecule has 0 saturated carbocycles. The molecule has 1 N–H and O–H groups in total. The Morgan fingerprint density at radius 3 is 2.89 bits per heavy atom. The quantitative estimate of drug-likeness (QED) is 0.498. The van der Waals surface area contributed by atoms with Crippen molar-refractivity contribution in [2.24, 2.45) is 0 Å². The van der Waals surface area contributed by atoms with Gasteiger partial charge in [0.2, 0.25) is 11.8 Å². The molecule has 1 atom stereocenters. The Hall–Kier alpha value is -3.40. The van der Waals surface area contributed by atoms with Crippen LogP contribution in [0.15, 0.2) is 36.7 Å². The molecule has 142 valence electrons. The van der Waals surface area contributed by atoms with Gasteiger partial charge in [0.05, 0.1) is 0 Å². The van der Waals surface area contributed by atoms with E-state index in [4.69, 9.17) is 0 Å². The molecule has 2 aromatic rings. The molecule has 1 unspecified atom stereocenters. The molecule has 1 saturated heterocycles. The summed E-state index contributed by atoms with van der Waals surface area (Å²) in [6.07, 6.45) is 5.91. The lowest BCUT2D eigenvalue weighted by atomic mass is 10.0. The summed E-state index contributed by atoms with van der Waals surface area (Å²) in [5, 5.41) is 6.48. The summed E-state index contributed by atoms with van der Waals surface area (Å²) >= 11 is 0. The number of amides is 3. The van der Waals surface area contributed by atoms with E-state index in [2.05, 4.69) is 22.3 Å². The first kappa shape index (κ1) is 18.0. The van der Waals surface area contributed by atoms with Crippen LogP contribution in [-0.2, 0) is 22.7 Å². The fraction of sp³-hybridized carbons (Fsp3) is 0.333. The van der Waals surface area contributed by atoms with E-state index >= 15 is 0 Å². The normalized spacial score (nSPS) is 18.5. The van der Waals surface area contributed by atoms with Gasteiger partial charge < -0.3 is 4.90 Å². The number of nitrogens with one attached hydrogen (secondary N) is 1. The predicted octanol–water partition coefficient (Wildman–Crippen LogP) is 1.48. The predicted molar refractivity (Wildman–Crippen MR) is 101 cm³/mol. The number of carbonyl (C=O) groups is 3. The number of fused-ring (bicyclic) bond motifs is 1. The molecule has 3 heterocycles. The van der Waals surface area contributed by atoms with Gasteiger partial charge in [-0.1, -0.05) is 17.9 Å². The highest BCUT2D eigenvalue weighted by molar-refractivity contribution is 6.05. The third kappa shape index (κ3) is 3.54. The molecule has 7 heteroatoms. The minimum absolute atomic E-state index is 0.174. The third-order valence-corrected chi connectivity index (χ3v) is 5.05. The van der Waals surface area contributed by atoms with E-state index in [1.807, 2.05) is 29.1 Å². The van der Waals surface area contributed by atoms with Crippen molar-refractivity contribution in [1.82, 2.24) is 20.0 Å². The summed E-state index contributed by atoms with van der Waals surface area (Å²) < 4.78 is 1.87. The van der Waals surface area contributed by atoms with Gasteiger partial charge in [0.1, 0.15) is 6.04 Å². The maximum Gasteiger partial charge on any atom is 0.255 e. The Bertz CT molecular complexity index is 985.